The predicted molar refractivity (Wildman–Crippen MR) is 57.0 cm³/mol. The minimum atomic E-state index is -0.0213. The van der Waals surface area contributed by atoms with Crippen LogP contribution in [0.15, 0.2) is 29.8 Å². The molecule has 0 unspecified atom stereocenters. The molecule has 2 N–H and O–H groups in total. The first kappa shape index (κ1) is 8.81. The molecule has 0 atom stereocenters. The molecule has 14 heavy (non-hydrogen) atoms. The van der Waals surface area contributed by atoms with E-state index >= 15 is 0 Å². The molecule has 3 heteroatoms. The molecule has 0 aliphatic carbocycles. The fraction of sp³-hybridized carbons (Fsp3) is 0.182. The Hall–Kier alpha value is -1.77. The van der Waals surface area contributed by atoms with E-state index in [0.717, 1.165) is 16.8 Å². The molecule has 1 aliphatic heterocycles. The highest BCUT2D eigenvalue weighted by Gasteiger charge is 2.13. The Morgan fingerprint density at radius 3 is 3.00 bits per heavy atom. The number of likely N-dealkylation sites (N-methyl/N-ethyl adjacent to an activating group) is 1. The first-order valence-electron chi connectivity index (χ1n) is 4.57. The van der Waals surface area contributed by atoms with Gasteiger partial charge in [-0.3, -0.25) is 4.79 Å². The zero-order valence-electron chi connectivity index (χ0n) is 8.00. The van der Waals surface area contributed by atoms with Crippen molar-refractivity contribution >= 4 is 17.7 Å². The fourth-order valence-electron chi connectivity index (χ4n) is 1.52. The molecule has 72 valence electrons. The quantitative estimate of drug-likeness (QED) is 0.696. The van der Waals surface area contributed by atoms with Crippen molar-refractivity contribution in [3.8, 4) is 0 Å². The maximum Gasteiger partial charge on any atom is 0.248 e. The molecule has 0 radical (unpaired) electrons. The Bertz CT molecular complexity index is 396. The minimum absolute atomic E-state index is 0.0213. The molecule has 0 bridgehead atoms. The summed E-state index contributed by atoms with van der Waals surface area (Å²) >= 11 is 0. The second-order valence-electron chi connectivity index (χ2n) is 3.19. The lowest BCUT2D eigenvalue weighted by molar-refractivity contribution is -0.116. The van der Waals surface area contributed by atoms with Crippen molar-refractivity contribution in [3.63, 3.8) is 0 Å². The summed E-state index contributed by atoms with van der Waals surface area (Å²) in [7, 11) is 1.64. The first-order chi connectivity index (χ1) is 6.81. The fourth-order valence-corrected chi connectivity index (χ4v) is 1.52. The third-order valence-electron chi connectivity index (χ3n) is 2.28. The molecule has 0 fully saturated rings. The molecule has 1 aromatic rings. The van der Waals surface area contributed by atoms with E-state index in [1.54, 1.807) is 7.05 Å². The number of rotatable bonds is 1. The number of fused-ring (bicyclic) bond motifs is 1. The second kappa shape index (κ2) is 3.54. The summed E-state index contributed by atoms with van der Waals surface area (Å²) in [5.41, 5.74) is 2.92. The van der Waals surface area contributed by atoms with E-state index in [1.165, 1.54) is 0 Å². The van der Waals surface area contributed by atoms with Crippen molar-refractivity contribution in [2.45, 2.75) is 0 Å². The molecule has 2 rings (SSSR count). The SMILES string of the molecule is CNC(=O)C1=Cc2ccccc2NC1. The summed E-state index contributed by atoms with van der Waals surface area (Å²) in [5, 5.41) is 5.82. The molecule has 0 aromatic heterocycles. The van der Waals surface area contributed by atoms with Crippen LogP contribution in [0.2, 0.25) is 0 Å². The maximum atomic E-state index is 11.4. The zero-order chi connectivity index (χ0) is 9.97. The lowest BCUT2D eigenvalue weighted by atomic mass is 10.0. The van der Waals surface area contributed by atoms with Crippen LogP contribution < -0.4 is 10.6 Å². The van der Waals surface area contributed by atoms with Crippen LogP contribution in [0.1, 0.15) is 5.56 Å². The van der Waals surface area contributed by atoms with Gasteiger partial charge in [0, 0.05) is 24.9 Å². The van der Waals surface area contributed by atoms with Gasteiger partial charge in [0.25, 0.3) is 0 Å². The molecule has 1 amide bonds. The lowest BCUT2D eigenvalue weighted by Gasteiger charge is -2.17. The van der Waals surface area contributed by atoms with E-state index in [0.29, 0.717) is 6.54 Å². The van der Waals surface area contributed by atoms with Crippen molar-refractivity contribution in [1.29, 1.82) is 0 Å². The van der Waals surface area contributed by atoms with Crippen molar-refractivity contribution in [1.82, 2.24) is 5.32 Å². The van der Waals surface area contributed by atoms with Gasteiger partial charge in [-0.15, -0.1) is 0 Å². The molecule has 1 aromatic carbocycles. The Kier molecular flexibility index (Phi) is 2.23. The van der Waals surface area contributed by atoms with E-state index in [2.05, 4.69) is 10.6 Å². The molecular weight excluding hydrogens is 176 g/mol. The van der Waals surface area contributed by atoms with Crippen LogP contribution in [0, 0.1) is 0 Å². The maximum absolute atomic E-state index is 11.4. The van der Waals surface area contributed by atoms with E-state index in [1.807, 2.05) is 30.3 Å². The summed E-state index contributed by atoms with van der Waals surface area (Å²) in [5.74, 6) is -0.0213. The van der Waals surface area contributed by atoms with Crippen LogP contribution in [0.5, 0.6) is 0 Å². The summed E-state index contributed by atoms with van der Waals surface area (Å²) in [6.07, 6.45) is 1.92. The predicted octanol–water partition coefficient (Wildman–Crippen LogP) is 1.24. The Morgan fingerprint density at radius 1 is 1.43 bits per heavy atom. The monoisotopic (exact) mass is 188 g/mol. The third-order valence-corrected chi connectivity index (χ3v) is 2.28. The third kappa shape index (κ3) is 1.48. The van der Waals surface area contributed by atoms with E-state index < -0.39 is 0 Å². The first-order valence-corrected chi connectivity index (χ1v) is 4.57. The van der Waals surface area contributed by atoms with Crippen LogP contribution in [-0.4, -0.2) is 19.5 Å². The van der Waals surface area contributed by atoms with Crippen LogP contribution in [0.4, 0.5) is 5.69 Å². The Morgan fingerprint density at radius 2 is 2.21 bits per heavy atom. The van der Waals surface area contributed by atoms with Crippen LogP contribution in [0.3, 0.4) is 0 Å². The Labute approximate surface area is 82.8 Å². The van der Waals surface area contributed by atoms with Gasteiger partial charge in [-0.05, 0) is 17.7 Å². The molecule has 0 saturated heterocycles. The van der Waals surface area contributed by atoms with Gasteiger partial charge in [0.15, 0.2) is 0 Å². The molecule has 3 nitrogen and oxygen atoms in total. The highest BCUT2D eigenvalue weighted by Crippen LogP contribution is 2.22. The highest BCUT2D eigenvalue weighted by molar-refractivity contribution is 6.00. The average molecular weight is 188 g/mol. The number of hydrogen-bond donors (Lipinski definition) is 2. The van der Waals surface area contributed by atoms with Gasteiger partial charge in [-0.2, -0.15) is 0 Å². The van der Waals surface area contributed by atoms with Crippen LogP contribution in [0.25, 0.3) is 6.08 Å². The summed E-state index contributed by atoms with van der Waals surface area (Å²) in [6, 6.07) is 7.94. The number of carbonyl (C=O) groups excluding carboxylic acids is 1. The normalized spacial score (nSPS) is 13.6. The molecule has 1 heterocycles. The van der Waals surface area contributed by atoms with Crippen molar-refractivity contribution < 1.29 is 4.79 Å². The van der Waals surface area contributed by atoms with Crippen molar-refractivity contribution in [2.24, 2.45) is 0 Å². The molecular formula is C11H12N2O. The van der Waals surface area contributed by atoms with Crippen molar-refractivity contribution in [3.05, 3.63) is 35.4 Å². The number of hydrogen-bond acceptors (Lipinski definition) is 2. The highest BCUT2D eigenvalue weighted by atomic mass is 16.1. The minimum Gasteiger partial charge on any atom is -0.380 e. The van der Waals surface area contributed by atoms with Gasteiger partial charge in [0.2, 0.25) is 5.91 Å². The number of benzene rings is 1. The largest absolute Gasteiger partial charge is 0.380 e. The Balaban J connectivity index is 2.36. The second-order valence-corrected chi connectivity index (χ2v) is 3.19. The van der Waals surface area contributed by atoms with Crippen LogP contribution >= 0.6 is 0 Å². The number of carbonyl (C=O) groups is 1. The summed E-state index contributed by atoms with van der Waals surface area (Å²) in [6.45, 7) is 0.594. The van der Waals surface area contributed by atoms with Crippen LogP contribution in [-0.2, 0) is 4.79 Å². The number of para-hydroxylation sites is 1. The lowest BCUT2D eigenvalue weighted by Crippen LogP contribution is -2.26. The topological polar surface area (TPSA) is 41.1 Å². The van der Waals surface area contributed by atoms with Gasteiger partial charge < -0.3 is 10.6 Å². The van der Waals surface area contributed by atoms with Gasteiger partial charge in [0.05, 0.1) is 0 Å². The molecule has 1 aliphatic rings. The average Bonchev–Trinajstić information content (AvgIpc) is 2.27. The van der Waals surface area contributed by atoms with Gasteiger partial charge in [-0.1, -0.05) is 18.2 Å². The number of amides is 1. The molecule has 0 saturated carbocycles. The summed E-state index contributed by atoms with van der Waals surface area (Å²) in [4.78, 5) is 11.4. The summed E-state index contributed by atoms with van der Waals surface area (Å²) < 4.78 is 0. The smallest absolute Gasteiger partial charge is 0.248 e. The zero-order valence-corrected chi connectivity index (χ0v) is 8.00. The molecule has 0 spiro atoms. The van der Waals surface area contributed by atoms with Gasteiger partial charge >= 0.3 is 0 Å². The van der Waals surface area contributed by atoms with Gasteiger partial charge in [-0.25, -0.2) is 0 Å². The number of anilines is 1. The van der Waals surface area contributed by atoms with E-state index in [9.17, 15) is 4.79 Å². The van der Waals surface area contributed by atoms with E-state index in [-0.39, 0.29) is 5.91 Å². The number of nitrogens with one attached hydrogen (secondary N) is 2. The van der Waals surface area contributed by atoms with E-state index in [4.69, 9.17) is 0 Å². The standard InChI is InChI=1S/C11H12N2O/c1-12-11(14)9-6-8-4-2-3-5-10(8)13-7-9/h2-6,13H,7H2,1H3,(H,12,14). The van der Waals surface area contributed by atoms with Gasteiger partial charge in [0.1, 0.15) is 0 Å². The van der Waals surface area contributed by atoms with Crippen molar-refractivity contribution in [2.75, 3.05) is 18.9 Å².